The van der Waals surface area contributed by atoms with E-state index in [-0.39, 0.29) is 0 Å². The van der Waals surface area contributed by atoms with E-state index >= 15 is 0 Å². The molecule has 1 aromatic heterocycles. The Balaban J connectivity index is 2.09. The highest BCUT2D eigenvalue weighted by atomic mass is 35.5. The number of piperazine rings is 1. The minimum atomic E-state index is 0.468. The summed E-state index contributed by atoms with van der Waals surface area (Å²) < 4.78 is 0. The lowest BCUT2D eigenvalue weighted by atomic mass is 10.1. The van der Waals surface area contributed by atoms with Gasteiger partial charge in [0.15, 0.2) is 11.0 Å². The van der Waals surface area contributed by atoms with Crippen molar-refractivity contribution in [2.75, 3.05) is 24.5 Å². The van der Waals surface area contributed by atoms with Crippen molar-refractivity contribution in [3.8, 4) is 0 Å². The molecule has 2 heterocycles. The Hall–Kier alpha value is -1.39. The minimum Gasteiger partial charge on any atom is -0.352 e. The van der Waals surface area contributed by atoms with E-state index in [4.69, 9.17) is 11.6 Å². The van der Waals surface area contributed by atoms with Crippen molar-refractivity contribution in [1.82, 2.24) is 15.5 Å². The highest BCUT2D eigenvalue weighted by molar-refractivity contribution is 6.34. The van der Waals surface area contributed by atoms with Gasteiger partial charge in [0.25, 0.3) is 0 Å². The predicted octanol–water partition coefficient (Wildman–Crippen LogP) is 2.08. The number of halogens is 1. The molecule has 0 radical (unpaired) electrons. The van der Waals surface area contributed by atoms with E-state index in [0.717, 1.165) is 36.2 Å². The molecule has 1 aliphatic heterocycles. The summed E-state index contributed by atoms with van der Waals surface area (Å²) in [6.07, 6.45) is 0. The molecule has 1 atom stereocenters. The number of aromatic nitrogens is 2. The molecule has 1 N–H and O–H groups in total. The van der Waals surface area contributed by atoms with Gasteiger partial charge in [0.1, 0.15) is 0 Å². The van der Waals surface area contributed by atoms with E-state index in [2.05, 4.69) is 33.4 Å². The fourth-order valence-electron chi connectivity index (χ4n) is 2.42. The first kappa shape index (κ1) is 11.7. The first-order chi connectivity index (χ1) is 8.75. The van der Waals surface area contributed by atoms with Gasteiger partial charge in [0.2, 0.25) is 0 Å². The van der Waals surface area contributed by atoms with E-state index in [1.807, 2.05) is 18.2 Å². The number of benzene rings is 1. The van der Waals surface area contributed by atoms with E-state index in [0.29, 0.717) is 11.2 Å². The zero-order valence-electron chi connectivity index (χ0n) is 10.2. The van der Waals surface area contributed by atoms with Gasteiger partial charge in [0, 0.05) is 36.4 Å². The Kier molecular flexibility index (Phi) is 3.06. The van der Waals surface area contributed by atoms with Gasteiger partial charge in [-0.3, -0.25) is 0 Å². The summed E-state index contributed by atoms with van der Waals surface area (Å²) in [5.41, 5.74) is 0. The van der Waals surface area contributed by atoms with Gasteiger partial charge in [-0.05, 0) is 6.92 Å². The molecule has 94 valence electrons. The fraction of sp³-hybridized carbons (Fsp3) is 0.385. The second-order valence-corrected chi connectivity index (χ2v) is 5.02. The number of fused-ring (bicyclic) bond motifs is 1. The molecule has 0 spiro atoms. The van der Waals surface area contributed by atoms with Crippen LogP contribution in [-0.2, 0) is 0 Å². The topological polar surface area (TPSA) is 41.1 Å². The van der Waals surface area contributed by atoms with Crippen LogP contribution in [0.3, 0.4) is 0 Å². The van der Waals surface area contributed by atoms with Gasteiger partial charge in [-0.1, -0.05) is 35.9 Å². The van der Waals surface area contributed by atoms with Gasteiger partial charge in [0.05, 0.1) is 0 Å². The molecule has 1 aromatic carbocycles. The molecular weight excluding hydrogens is 248 g/mol. The molecule has 2 aromatic rings. The molecule has 4 nitrogen and oxygen atoms in total. The summed E-state index contributed by atoms with van der Waals surface area (Å²) in [7, 11) is 0. The van der Waals surface area contributed by atoms with E-state index in [9.17, 15) is 0 Å². The molecule has 1 fully saturated rings. The second-order valence-electron chi connectivity index (χ2n) is 4.66. The summed E-state index contributed by atoms with van der Waals surface area (Å²) in [6.45, 7) is 5.04. The molecule has 1 saturated heterocycles. The highest BCUT2D eigenvalue weighted by Gasteiger charge is 2.19. The predicted molar refractivity (Wildman–Crippen MR) is 74.2 cm³/mol. The summed E-state index contributed by atoms with van der Waals surface area (Å²) in [6, 6.07) is 8.49. The number of anilines is 1. The lowest BCUT2D eigenvalue weighted by Gasteiger charge is -2.33. The van der Waals surface area contributed by atoms with Crippen molar-refractivity contribution in [2.24, 2.45) is 0 Å². The fourth-order valence-corrected chi connectivity index (χ4v) is 2.62. The van der Waals surface area contributed by atoms with E-state index in [1.54, 1.807) is 0 Å². The zero-order chi connectivity index (χ0) is 12.5. The second kappa shape index (κ2) is 4.71. The SMILES string of the molecule is C[C@H]1CN(c2nnc(Cl)c3ccccc23)CCN1. The van der Waals surface area contributed by atoms with Gasteiger partial charge < -0.3 is 10.2 Å². The number of nitrogens with zero attached hydrogens (tertiary/aromatic N) is 3. The van der Waals surface area contributed by atoms with Gasteiger partial charge >= 0.3 is 0 Å². The third-order valence-corrected chi connectivity index (χ3v) is 3.57. The first-order valence-corrected chi connectivity index (χ1v) is 6.53. The van der Waals surface area contributed by atoms with Crippen molar-refractivity contribution in [3.63, 3.8) is 0 Å². The van der Waals surface area contributed by atoms with Crippen LogP contribution in [0.1, 0.15) is 6.92 Å². The van der Waals surface area contributed by atoms with Crippen LogP contribution in [0.5, 0.6) is 0 Å². The van der Waals surface area contributed by atoms with Crippen LogP contribution < -0.4 is 10.2 Å². The van der Waals surface area contributed by atoms with Crippen molar-refractivity contribution in [2.45, 2.75) is 13.0 Å². The zero-order valence-corrected chi connectivity index (χ0v) is 11.0. The molecule has 0 unspecified atom stereocenters. The van der Waals surface area contributed by atoms with Crippen LogP contribution in [0.15, 0.2) is 24.3 Å². The average Bonchev–Trinajstić information content (AvgIpc) is 2.39. The Morgan fingerprint density at radius 1 is 1.28 bits per heavy atom. The number of hydrogen-bond donors (Lipinski definition) is 1. The summed E-state index contributed by atoms with van der Waals surface area (Å²) in [5.74, 6) is 0.934. The molecule has 0 amide bonds. The third-order valence-electron chi connectivity index (χ3n) is 3.29. The molecule has 0 bridgehead atoms. The van der Waals surface area contributed by atoms with Crippen LogP contribution in [0.4, 0.5) is 5.82 Å². The maximum absolute atomic E-state index is 6.09. The van der Waals surface area contributed by atoms with Crippen LogP contribution in [0.2, 0.25) is 5.15 Å². The lowest BCUT2D eigenvalue weighted by molar-refractivity contribution is 0.482. The van der Waals surface area contributed by atoms with Crippen LogP contribution >= 0.6 is 11.6 Å². The summed E-state index contributed by atoms with van der Waals surface area (Å²) >= 11 is 6.09. The average molecular weight is 263 g/mol. The molecule has 5 heteroatoms. The Labute approximate surface area is 111 Å². The number of rotatable bonds is 1. The number of nitrogens with one attached hydrogen (secondary N) is 1. The highest BCUT2D eigenvalue weighted by Crippen LogP contribution is 2.28. The van der Waals surface area contributed by atoms with Gasteiger partial charge in [-0.2, -0.15) is 0 Å². The van der Waals surface area contributed by atoms with Crippen molar-refractivity contribution >= 4 is 28.2 Å². The van der Waals surface area contributed by atoms with Crippen molar-refractivity contribution in [3.05, 3.63) is 29.4 Å². The first-order valence-electron chi connectivity index (χ1n) is 6.15. The van der Waals surface area contributed by atoms with Crippen LogP contribution in [0, 0.1) is 0 Å². The number of hydrogen-bond acceptors (Lipinski definition) is 4. The lowest BCUT2D eigenvalue weighted by Crippen LogP contribution is -2.49. The summed E-state index contributed by atoms with van der Waals surface area (Å²) in [4.78, 5) is 2.27. The van der Waals surface area contributed by atoms with Crippen molar-refractivity contribution < 1.29 is 0 Å². The normalized spacial score (nSPS) is 20.3. The Bertz CT molecular complexity index is 572. The molecule has 1 aliphatic rings. The van der Waals surface area contributed by atoms with Crippen LogP contribution in [0.25, 0.3) is 10.8 Å². The minimum absolute atomic E-state index is 0.468. The summed E-state index contributed by atoms with van der Waals surface area (Å²) in [5, 5.41) is 14.3. The van der Waals surface area contributed by atoms with Crippen LogP contribution in [-0.4, -0.2) is 35.9 Å². The maximum atomic E-state index is 6.09. The molecule has 18 heavy (non-hydrogen) atoms. The van der Waals surface area contributed by atoms with E-state index < -0.39 is 0 Å². The Morgan fingerprint density at radius 3 is 2.83 bits per heavy atom. The maximum Gasteiger partial charge on any atom is 0.159 e. The van der Waals surface area contributed by atoms with Gasteiger partial charge in [-0.25, -0.2) is 0 Å². The van der Waals surface area contributed by atoms with Gasteiger partial charge in [-0.15, -0.1) is 10.2 Å². The standard InChI is InChI=1S/C13H15ClN4/c1-9-8-18(7-6-15-9)13-11-5-3-2-4-10(11)12(14)16-17-13/h2-5,9,15H,6-8H2,1H3/t9-/m0/s1. The third kappa shape index (κ3) is 2.02. The molecule has 3 rings (SSSR count). The molecule has 0 saturated carbocycles. The van der Waals surface area contributed by atoms with Crippen molar-refractivity contribution in [1.29, 1.82) is 0 Å². The quantitative estimate of drug-likeness (QED) is 0.854. The Morgan fingerprint density at radius 2 is 2.06 bits per heavy atom. The largest absolute Gasteiger partial charge is 0.352 e. The molecule has 0 aliphatic carbocycles. The monoisotopic (exact) mass is 262 g/mol. The molecular formula is C13H15ClN4. The van der Waals surface area contributed by atoms with E-state index in [1.165, 1.54) is 0 Å². The smallest absolute Gasteiger partial charge is 0.159 e.